The number of anilines is 1. The van der Waals surface area contributed by atoms with E-state index < -0.39 is 24.0 Å². The number of primary amides is 1. The van der Waals surface area contributed by atoms with Gasteiger partial charge >= 0.3 is 6.03 Å². The van der Waals surface area contributed by atoms with Crippen LogP contribution in [0.1, 0.15) is 38.7 Å². The van der Waals surface area contributed by atoms with Crippen LogP contribution in [0, 0.1) is 5.92 Å². The average Bonchev–Trinajstić information content (AvgIpc) is 2.63. The first kappa shape index (κ1) is 23.4. The molecule has 1 aromatic carbocycles. The van der Waals surface area contributed by atoms with Gasteiger partial charge in [-0.05, 0) is 42.9 Å². The van der Waals surface area contributed by atoms with Crippen LogP contribution in [0.3, 0.4) is 0 Å². The van der Waals surface area contributed by atoms with Crippen molar-refractivity contribution < 1.29 is 19.5 Å². The summed E-state index contributed by atoms with van der Waals surface area (Å²) in [7, 11) is 0. The number of hydrogen-bond acceptors (Lipinski definition) is 5. The predicted molar refractivity (Wildman–Crippen MR) is 107 cm³/mol. The maximum absolute atomic E-state index is 12.6. The van der Waals surface area contributed by atoms with Gasteiger partial charge in [0.05, 0.1) is 12.6 Å². The minimum atomic E-state index is -0.807. The van der Waals surface area contributed by atoms with Gasteiger partial charge in [0.2, 0.25) is 11.8 Å². The summed E-state index contributed by atoms with van der Waals surface area (Å²) in [6.07, 6.45) is 1.26. The Morgan fingerprint density at radius 2 is 1.75 bits per heavy atom. The second kappa shape index (κ2) is 11.9. The lowest BCUT2D eigenvalue weighted by Gasteiger charge is -2.21. The van der Waals surface area contributed by atoms with E-state index in [0.29, 0.717) is 24.9 Å². The third-order valence-corrected chi connectivity index (χ3v) is 4.07. The van der Waals surface area contributed by atoms with Crippen molar-refractivity contribution in [2.24, 2.45) is 17.4 Å². The van der Waals surface area contributed by atoms with E-state index in [0.717, 1.165) is 5.56 Å². The number of nitrogens with two attached hydrogens (primary N) is 2. The van der Waals surface area contributed by atoms with Gasteiger partial charge in [0.1, 0.15) is 6.04 Å². The van der Waals surface area contributed by atoms with Crippen LogP contribution in [-0.2, 0) is 16.2 Å². The molecule has 28 heavy (non-hydrogen) atoms. The molecule has 9 heteroatoms. The van der Waals surface area contributed by atoms with Gasteiger partial charge in [0, 0.05) is 12.2 Å². The molecule has 9 nitrogen and oxygen atoms in total. The number of aliphatic hydroxyl groups excluding tert-OH is 1. The van der Waals surface area contributed by atoms with Crippen LogP contribution in [0.15, 0.2) is 24.3 Å². The molecule has 8 N–H and O–H groups in total. The molecule has 0 fully saturated rings. The second-order valence-corrected chi connectivity index (χ2v) is 7.07. The minimum Gasteiger partial charge on any atom is -0.392 e. The van der Waals surface area contributed by atoms with E-state index in [1.807, 2.05) is 13.8 Å². The Hall–Kier alpha value is -2.65. The van der Waals surface area contributed by atoms with E-state index in [2.05, 4.69) is 16.0 Å². The Labute approximate surface area is 165 Å². The Morgan fingerprint density at radius 1 is 1.11 bits per heavy atom. The number of urea groups is 1. The predicted octanol–water partition coefficient (Wildman–Crippen LogP) is 0.424. The van der Waals surface area contributed by atoms with Gasteiger partial charge in [-0.1, -0.05) is 26.0 Å². The summed E-state index contributed by atoms with van der Waals surface area (Å²) < 4.78 is 0. The Bertz CT molecular complexity index is 648. The fourth-order valence-corrected chi connectivity index (χ4v) is 2.60. The molecule has 0 aromatic heterocycles. The van der Waals surface area contributed by atoms with Gasteiger partial charge in [-0.3, -0.25) is 9.59 Å². The Morgan fingerprint density at radius 3 is 2.29 bits per heavy atom. The van der Waals surface area contributed by atoms with E-state index in [9.17, 15) is 14.4 Å². The highest BCUT2D eigenvalue weighted by molar-refractivity contribution is 5.97. The van der Waals surface area contributed by atoms with Gasteiger partial charge in [-0.25, -0.2) is 4.79 Å². The number of benzene rings is 1. The lowest BCUT2D eigenvalue weighted by molar-refractivity contribution is -0.127. The maximum atomic E-state index is 12.6. The van der Waals surface area contributed by atoms with Crippen LogP contribution in [0.4, 0.5) is 10.5 Å². The standard InChI is InChI=1S/C19H31N5O4/c1-12(2)10-15(20)17(26)24-16(4-3-9-22-19(21)28)18(27)23-14-7-5-13(11-25)6-8-14/h5-8,12,15-16,25H,3-4,9-11,20H2,1-2H3,(H,23,27)(H,24,26)(H3,21,22,28). The van der Waals surface area contributed by atoms with Crippen molar-refractivity contribution in [2.45, 2.75) is 51.8 Å². The fourth-order valence-electron chi connectivity index (χ4n) is 2.60. The quantitative estimate of drug-likeness (QED) is 0.300. The number of carbonyl (C=O) groups excluding carboxylic acids is 3. The molecule has 1 rings (SSSR count). The highest BCUT2D eigenvalue weighted by Crippen LogP contribution is 2.11. The molecule has 0 saturated carbocycles. The molecule has 2 atom stereocenters. The van der Waals surface area contributed by atoms with Crippen LogP contribution < -0.4 is 27.4 Å². The van der Waals surface area contributed by atoms with Crippen molar-refractivity contribution in [3.8, 4) is 0 Å². The lowest BCUT2D eigenvalue weighted by Crippen LogP contribution is -2.50. The maximum Gasteiger partial charge on any atom is 0.312 e. The molecule has 0 spiro atoms. The molecule has 4 amide bonds. The first-order valence-electron chi connectivity index (χ1n) is 9.32. The molecule has 0 saturated heterocycles. The van der Waals surface area contributed by atoms with Gasteiger partial charge in [0.25, 0.3) is 0 Å². The van der Waals surface area contributed by atoms with Crippen LogP contribution in [-0.4, -0.2) is 41.6 Å². The van der Waals surface area contributed by atoms with E-state index >= 15 is 0 Å². The third-order valence-electron chi connectivity index (χ3n) is 4.07. The summed E-state index contributed by atoms with van der Waals surface area (Å²) in [6, 6.07) is 4.56. The SMILES string of the molecule is CC(C)CC(N)C(=O)NC(CCCNC(N)=O)C(=O)Nc1ccc(CO)cc1. The largest absolute Gasteiger partial charge is 0.392 e. The summed E-state index contributed by atoms with van der Waals surface area (Å²) >= 11 is 0. The molecule has 2 unspecified atom stereocenters. The number of amides is 4. The molecular weight excluding hydrogens is 362 g/mol. The molecule has 0 radical (unpaired) electrons. The number of rotatable bonds is 11. The van der Waals surface area contributed by atoms with E-state index in [-0.39, 0.29) is 25.0 Å². The lowest BCUT2D eigenvalue weighted by atomic mass is 10.0. The second-order valence-electron chi connectivity index (χ2n) is 7.07. The minimum absolute atomic E-state index is 0.0898. The highest BCUT2D eigenvalue weighted by atomic mass is 16.3. The molecule has 0 heterocycles. The smallest absolute Gasteiger partial charge is 0.312 e. The van der Waals surface area contributed by atoms with E-state index in [1.54, 1.807) is 24.3 Å². The van der Waals surface area contributed by atoms with Crippen molar-refractivity contribution in [3.05, 3.63) is 29.8 Å². The molecule has 0 aliphatic heterocycles. The van der Waals surface area contributed by atoms with Crippen molar-refractivity contribution in [3.63, 3.8) is 0 Å². The van der Waals surface area contributed by atoms with Crippen LogP contribution in [0.5, 0.6) is 0 Å². The first-order valence-corrected chi connectivity index (χ1v) is 9.32. The fraction of sp³-hybridized carbons (Fsp3) is 0.526. The van der Waals surface area contributed by atoms with E-state index in [1.165, 1.54) is 0 Å². The van der Waals surface area contributed by atoms with Gasteiger partial charge in [-0.15, -0.1) is 0 Å². The van der Waals surface area contributed by atoms with Crippen molar-refractivity contribution in [1.29, 1.82) is 0 Å². The zero-order valence-electron chi connectivity index (χ0n) is 16.4. The van der Waals surface area contributed by atoms with Crippen LogP contribution in [0.2, 0.25) is 0 Å². The Kier molecular flexibility index (Phi) is 9.97. The summed E-state index contributed by atoms with van der Waals surface area (Å²) in [6.45, 7) is 4.12. The molecule has 156 valence electrons. The number of aliphatic hydroxyl groups is 1. The zero-order valence-corrected chi connectivity index (χ0v) is 16.4. The molecule has 0 bridgehead atoms. The summed E-state index contributed by atoms with van der Waals surface area (Å²) in [5.74, 6) is -0.536. The number of nitrogens with one attached hydrogen (secondary N) is 3. The summed E-state index contributed by atoms with van der Waals surface area (Å²) in [4.78, 5) is 35.8. The van der Waals surface area contributed by atoms with Crippen LogP contribution in [0.25, 0.3) is 0 Å². The average molecular weight is 393 g/mol. The van der Waals surface area contributed by atoms with Crippen molar-refractivity contribution in [2.75, 3.05) is 11.9 Å². The van der Waals surface area contributed by atoms with Crippen molar-refractivity contribution in [1.82, 2.24) is 10.6 Å². The third kappa shape index (κ3) is 8.83. The van der Waals surface area contributed by atoms with Gasteiger partial charge in [-0.2, -0.15) is 0 Å². The van der Waals surface area contributed by atoms with E-state index in [4.69, 9.17) is 16.6 Å². The highest BCUT2D eigenvalue weighted by Gasteiger charge is 2.24. The first-order chi connectivity index (χ1) is 13.2. The number of hydrogen-bond donors (Lipinski definition) is 6. The molecule has 1 aromatic rings. The Balaban J connectivity index is 2.74. The zero-order chi connectivity index (χ0) is 21.1. The normalized spacial score (nSPS) is 12.9. The molecule has 0 aliphatic rings. The van der Waals surface area contributed by atoms with Crippen molar-refractivity contribution >= 4 is 23.5 Å². The molecule has 0 aliphatic carbocycles. The van der Waals surface area contributed by atoms with Gasteiger partial charge in [0.15, 0.2) is 0 Å². The number of carbonyl (C=O) groups is 3. The monoisotopic (exact) mass is 393 g/mol. The summed E-state index contributed by atoms with van der Waals surface area (Å²) in [5, 5.41) is 17.0. The molecular formula is C19H31N5O4. The van der Waals surface area contributed by atoms with Gasteiger partial charge < -0.3 is 32.5 Å². The summed E-state index contributed by atoms with van der Waals surface area (Å²) in [5.41, 5.74) is 12.2. The van der Waals surface area contributed by atoms with Crippen LogP contribution >= 0.6 is 0 Å². The topological polar surface area (TPSA) is 160 Å².